The second-order valence-corrected chi connectivity index (χ2v) is 5.51. The number of benzene rings is 1. The molecule has 2 rings (SSSR count). The van der Waals surface area contributed by atoms with Crippen molar-refractivity contribution in [2.75, 3.05) is 10.6 Å². The maximum Gasteiger partial charge on any atom is 0.267 e. The standard InChI is InChI=1S/C13H12ClN3O2S/c1-7-11(20-13(15-7)16-8(2)18)12(19)17-10-5-3-9(14)4-6-10/h3-6H,1-2H3,(H,17,19)(H,15,16,18). The highest BCUT2D eigenvalue weighted by atomic mass is 35.5. The molecule has 1 aromatic carbocycles. The summed E-state index contributed by atoms with van der Waals surface area (Å²) in [6.07, 6.45) is 0. The summed E-state index contributed by atoms with van der Waals surface area (Å²) in [4.78, 5) is 27.7. The van der Waals surface area contributed by atoms with Crippen molar-refractivity contribution in [2.24, 2.45) is 0 Å². The minimum Gasteiger partial charge on any atom is -0.321 e. The number of carbonyl (C=O) groups is 2. The van der Waals surface area contributed by atoms with Crippen molar-refractivity contribution in [1.82, 2.24) is 4.98 Å². The van der Waals surface area contributed by atoms with Gasteiger partial charge < -0.3 is 10.6 Å². The first-order valence-corrected chi connectivity index (χ1v) is 6.97. The van der Waals surface area contributed by atoms with Crippen LogP contribution in [0.15, 0.2) is 24.3 Å². The minimum atomic E-state index is -0.265. The third-order valence-corrected chi connectivity index (χ3v) is 3.71. The lowest BCUT2D eigenvalue weighted by atomic mass is 10.3. The van der Waals surface area contributed by atoms with Gasteiger partial charge in [0.05, 0.1) is 5.69 Å². The van der Waals surface area contributed by atoms with E-state index in [-0.39, 0.29) is 11.8 Å². The predicted octanol–water partition coefficient (Wildman–Crippen LogP) is 3.32. The van der Waals surface area contributed by atoms with E-state index in [1.165, 1.54) is 6.92 Å². The molecular formula is C13H12ClN3O2S. The van der Waals surface area contributed by atoms with Gasteiger partial charge in [-0.15, -0.1) is 0 Å². The quantitative estimate of drug-likeness (QED) is 0.913. The van der Waals surface area contributed by atoms with Crippen LogP contribution in [0.4, 0.5) is 10.8 Å². The highest BCUT2D eigenvalue weighted by Gasteiger charge is 2.16. The zero-order chi connectivity index (χ0) is 14.7. The van der Waals surface area contributed by atoms with Crippen LogP contribution in [0.5, 0.6) is 0 Å². The van der Waals surface area contributed by atoms with Crippen molar-refractivity contribution in [3.63, 3.8) is 0 Å². The summed E-state index contributed by atoms with van der Waals surface area (Å²) in [5, 5.41) is 6.33. The molecule has 0 fully saturated rings. The first-order valence-electron chi connectivity index (χ1n) is 5.77. The van der Waals surface area contributed by atoms with E-state index in [1.54, 1.807) is 31.2 Å². The van der Waals surface area contributed by atoms with Crippen LogP contribution in [0.25, 0.3) is 0 Å². The largest absolute Gasteiger partial charge is 0.321 e. The van der Waals surface area contributed by atoms with E-state index in [2.05, 4.69) is 15.6 Å². The predicted molar refractivity (Wildman–Crippen MR) is 80.6 cm³/mol. The molecule has 20 heavy (non-hydrogen) atoms. The molecule has 0 aliphatic heterocycles. The first kappa shape index (κ1) is 14.5. The third-order valence-electron chi connectivity index (χ3n) is 2.39. The molecular weight excluding hydrogens is 298 g/mol. The van der Waals surface area contributed by atoms with Gasteiger partial charge in [0.1, 0.15) is 4.88 Å². The molecule has 0 spiro atoms. The number of nitrogens with one attached hydrogen (secondary N) is 2. The van der Waals surface area contributed by atoms with Gasteiger partial charge in [-0.05, 0) is 31.2 Å². The van der Waals surface area contributed by atoms with Gasteiger partial charge in [-0.3, -0.25) is 9.59 Å². The Balaban J connectivity index is 2.14. The molecule has 0 aliphatic carbocycles. The number of aryl methyl sites for hydroxylation is 1. The molecule has 0 aliphatic rings. The lowest BCUT2D eigenvalue weighted by molar-refractivity contribution is -0.114. The molecule has 2 N–H and O–H groups in total. The summed E-state index contributed by atoms with van der Waals surface area (Å²) >= 11 is 6.92. The average molecular weight is 310 g/mol. The summed E-state index contributed by atoms with van der Waals surface area (Å²) < 4.78 is 0. The van der Waals surface area contributed by atoms with Crippen molar-refractivity contribution in [3.05, 3.63) is 39.9 Å². The maximum atomic E-state index is 12.1. The molecule has 0 saturated heterocycles. The van der Waals surface area contributed by atoms with E-state index in [0.717, 1.165) is 11.3 Å². The van der Waals surface area contributed by atoms with E-state index in [0.29, 0.717) is 26.4 Å². The molecule has 0 atom stereocenters. The smallest absolute Gasteiger partial charge is 0.267 e. The molecule has 0 bridgehead atoms. The second-order valence-electron chi connectivity index (χ2n) is 4.08. The van der Waals surface area contributed by atoms with Gasteiger partial charge in [0.2, 0.25) is 5.91 Å². The van der Waals surface area contributed by atoms with Crippen molar-refractivity contribution >= 4 is 45.6 Å². The fourth-order valence-electron chi connectivity index (χ4n) is 1.53. The highest BCUT2D eigenvalue weighted by Crippen LogP contribution is 2.24. The van der Waals surface area contributed by atoms with Gasteiger partial charge in [-0.1, -0.05) is 22.9 Å². The molecule has 2 aromatic rings. The number of rotatable bonds is 3. The molecule has 104 valence electrons. The average Bonchev–Trinajstić information content (AvgIpc) is 2.72. The highest BCUT2D eigenvalue weighted by molar-refractivity contribution is 7.17. The lowest BCUT2D eigenvalue weighted by Crippen LogP contribution is -2.11. The third kappa shape index (κ3) is 3.55. The SMILES string of the molecule is CC(=O)Nc1nc(C)c(C(=O)Nc2ccc(Cl)cc2)s1. The Bertz CT molecular complexity index is 652. The van der Waals surface area contributed by atoms with Crippen molar-refractivity contribution in [2.45, 2.75) is 13.8 Å². The summed E-state index contributed by atoms with van der Waals surface area (Å²) in [5.74, 6) is -0.484. The van der Waals surface area contributed by atoms with Crippen molar-refractivity contribution < 1.29 is 9.59 Å². The van der Waals surface area contributed by atoms with Crippen molar-refractivity contribution in [3.8, 4) is 0 Å². The van der Waals surface area contributed by atoms with E-state index >= 15 is 0 Å². The summed E-state index contributed by atoms with van der Waals surface area (Å²) in [6.45, 7) is 3.11. The van der Waals surface area contributed by atoms with Crippen LogP contribution in [-0.2, 0) is 4.79 Å². The normalized spacial score (nSPS) is 10.2. The van der Waals surface area contributed by atoms with Crippen LogP contribution in [0, 0.1) is 6.92 Å². The Morgan fingerprint density at radius 3 is 2.45 bits per heavy atom. The van der Waals surface area contributed by atoms with E-state index in [1.807, 2.05) is 0 Å². The van der Waals surface area contributed by atoms with Gasteiger partial charge in [0.15, 0.2) is 5.13 Å². The molecule has 0 saturated carbocycles. The van der Waals surface area contributed by atoms with Crippen LogP contribution < -0.4 is 10.6 Å². The number of carbonyl (C=O) groups excluding carboxylic acids is 2. The minimum absolute atomic E-state index is 0.219. The Morgan fingerprint density at radius 2 is 1.85 bits per heavy atom. The Morgan fingerprint density at radius 1 is 1.20 bits per heavy atom. The summed E-state index contributed by atoms with van der Waals surface area (Å²) in [6, 6.07) is 6.82. The topological polar surface area (TPSA) is 71.1 Å². The van der Waals surface area contributed by atoms with Gasteiger partial charge in [0.25, 0.3) is 5.91 Å². The number of anilines is 2. The molecule has 0 unspecified atom stereocenters. The number of aromatic nitrogens is 1. The van der Waals surface area contributed by atoms with Gasteiger partial charge >= 0.3 is 0 Å². The fraction of sp³-hybridized carbons (Fsp3) is 0.154. The van der Waals surface area contributed by atoms with Gasteiger partial charge in [-0.2, -0.15) is 0 Å². The van der Waals surface area contributed by atoms with Crippen LogP contribution in [-0.4, -0.2) is 16.8 Å². The van der Waals surface area contributed by atoms with Gasteiger partial charge in [0, 0.05) is 17.6 Å². The molecule has 1 heterocycles. The van der Waals surface area contributed by atoms with Gasteiger partial charge in [-0.25, -0.2) is 4.98 Å². The van der Waals surface area contributed by atoms with Crippen LogP contribution >= 0.6 is 22.9 Å². The number of thiazole rings is 1. The van der Waals surface area contributed by atoms with E-state index < -0.39 is 0 Å². The number of hydrogen-bond acceptors (Lipinski definition) is 4. The lowest BCUT2D eigenvalue weighted by Gasteiger charge is -2.03. The van der Waals surface area contributed by atoms with Crippen LogP contribution in [0.1, 0.15) is 22.3 Å². The van der Waals surface area contributed by atoms with E-state index in [4.69, 9.17) is 11.6 Å². The molecule has 1 aromatic heterocycles. The fourth-order valence-corrected chi connectivity index (χ4v) is 2.57. The molecule has 2 amide bonds. The Kier molecular flexibility index (Phi) is 4.36. The number of halogens is 1. The summed E-state index contributed by atoms with van der Waals surface area (Å²) in [5.41, 5.74) is 1.22. The Labute approximate surface area is 125 Å². The Hall–Kier alpha value is -1.92. The molecule has 0 radical (unpaired) electrons. The molecule has 5 nitrogen and oxygen atoms in total. The zero-order valence-corrected chi connectivity index (χ0v) is 12.4. The van der Waals surface area contributed by atoms with Crippen LogP contribution in [0.2, 0.25) is 5.02 Å². The monoisotopic (exact) mass is 309 g/mol. The van der Waals surface area contributed by atoms with Crippen molar-refractivity contribution in [1.29, 1.82) is 0 Å². The first-order chi connectivity index (χ1) is 9.45. The zero-order valence-electron chi connectivity index (χ0n) is 10.9. The molecule has 7 heteroatoms. The summed E-state index contributed by atoms with van der Waals surface area (Å²) in [7, 11) is 0. The number of hydrogen-bond donors (Lipinski definition) is 2. The second kappa shape index (κ2) is 6.02. The number of nitrogens with zero attached hydrogens (tertiary/aromatic N) is 1. The van der Waals surface area contributed by atoms with E-state index in [9.17, 15) is 9.59 Å². The number of amides is 2. The van der Waals surface area contributed by atoms with Crippen LogP contribution in [0.3, 0.4) is 0 Å². The maximum absolute atomic E-state index is 12.1.